The summed E-state index contributed by atoms with van der Waals surface area (Å²) in [5.74, 6) is 0.268. The van der Waals surface area contributed by atoms with Gasteiger partial charge in [-0.1, -0.05) is 0 Å². The van der Waals surface area contributed by atoms with Gasteiger partial charge < -0.3 is 4.90 Å². The molecule has 6 heteroatoms. The molecule has 4 rings (SSSR count). The van der Waals surface area contributed by atoms with Gasteiger partial charge in [-0.25, -0.2) is 15.0 Å². The molecule has 4 heterocycles. The summed E-state index contributed by atoms with van der Waals surface area (Å²) in [6.07, 6.45) is 3.54. The van der Waals surface area contributed by atoms with E-state index in [1.165, 1.54) is 17.8 Å². The second kappa shape index (κ2) is 5.85. The molecule has 1 aliphatic rings. The number of pyridine rings is 2. The largest absolute Gasteiger partial charge is 0.357 e. The van der Waals surface area contributed by atoms with Gasteiger partial charge in [0.2, 0.25) is 5.95 Å². The van der Waals surface area contributed by atoms with Gasteiger partial charge >= 0.3 is 0 Å². The summed E-state index contributed by atoms with van der Waals surface area (Å²) in [5, 5.41) is 0.633. The molecule has 0 spiro atoms. The Morgan fingerprint density at radius 2 is 1.83 bits per heavy atom. The Morgan fingerprint density at radius 3 is 2.61 bits per heavy atom. The van der Waals surface area contributed by atoms with Crippen LogP contribution in [-0.4, -0.2) is 28.0 Å². The first-order valence-electron chi connectivity index (χ1n) is 7.87. The molecular weight excluding hydrogens is 311 g/mol. The molecule has 1 fully saturated rings. The molecule has 1 aliphatic heterocycles. The van der Waals surface area contributed by atoms with Gasteiger partial charge in [-0.2, -0.15) is 4.39 Å². The number of thiazole rings is 1. The summed E-state index contributed by atoms with van der Waals surface area (Å²) < 4.78 is 15.5. The normalized spacial score (nSPS) is 15.3. The molecule has 0 saturated carbocycles. The van der Waals surface area contributed by atoms with Crippen LogP contribution in [0.25, 0.3) is 20.9 Å². The van der Waals surface area contributed by atoms with E-state index < -0.39 is 5.95 Å². The molecule has 4 nitrogen and oxygen atoms in total. The van der Waals surface area contributed by atoms with Crippen LogP contribution in [0.5, 0.6) is 0 Å². The zero-order valence-corrected chi connectivity index (χ0v) is 13.7. The van der Waals surface area contributed by atoms with Gasteiger partial charge in [-0.3, -0.25) is 0 Å². The van der Waals surface area contributed by atoms with Crippen molar-refractivity contribution in [2.75, 3.05) is 18.0 Å². The van der Waals surface area contributed by atoms with Crippen molar-refractivity contribution in [3.05, 3.63) is 35.9 Å². The zero-order chi connectivity index (χ0) is 15.8. The van der Waals surface area contributed by atoms with E-state index in [-0.39, 0.29) is 0 Å². The van der Waals surface area contributed by atoms with Gasteiger partial charge in [0.25, 0.3) is 0 Å². The number of fused-ring (bicyclic) bond motifs is 1. The first-order chi connectivity index (χ1) is 11.2. The van der Waals surface area contributed by atoms with E-state index in [0.717, 1.165) is 42.1 Å². The molecule has 3 aromatic rings. The highest BCUT2D eigenvalue weighted by atomic mass is 32.1. The topological polar surface area (TPSA) is 41.9 Å². The van der Waals surface area contributed by atoms with Crippen LogP contribution < -0.4 is 4.90 Å². The first kappa shape index (κ1) is 14.5. The maximum atomic E-state index is 14.5. The van der Waals surface area contributed by atoms with Crippen molar-refractivity contribution in [1.29, 1.82) is 0 Å². The van der Waals surface area contributed by atoms with E-state index in [2.05, 4.69) is 19.9 Å². The van der Waals surface area contributed by atoms with Crippen LogP contribution in [0.3, 0.4) is 0 Å². The number of hydrogen-bond donors (Lipinski definition) is 0. The fraction of sp³-hybridized carbons (Fsp3) is 0.353. The SMILES string of the molecule is Cc1ccc2sc(-c3ccc(N4CCCCC4)nc3F)nc2n1. The number of hydrogen-bond acceptors (Lipinski definition) is 5. The summed E-state index contributed by atoms with van der Waals surface area (Å²) in [4.78, 5) is 15.2. The lowest BCUT2D eigenvalue weighted by molar-refractivity contribution is 0.555. The highest BCUT2D eigenvalue weighted by molar-refractivity contribution is 7.21. The lowest BCUT2D eigenvalue weighted by Crippen LogP contribution is -2.30. The molecular formula is C17H17FN4S. The van der Waals surface area contributed by atoms with Crippen molar-refractivity contribution < 1.29 is 4.39 Å². The first-order valence-corrected chi connectivity index (χ1v) is 8.68. The summed E-state index contributed by atoms with van der Waals surface area (Å²) in [7, 11) is 0. The van der Waals surface area contributed by atoms with Crippen LogP contribution in [0, 0.1) is 12.9 Å². The Morgan fingerprint density at radius 1 is 1.00 bits per heavy atom. The van der Waals surface area contributed by atoms with Gasteiger partial charge in [-0.15, -0.1) is 11.3 Å². The van der Waals surface area contributed by atoms with Gasteiger partial charge in [0.05, 0.1) is 10.3 Å². The fourth-order valence-electron chi connectivity index (χ4n) is 2.91. The van der Waals surface area contributed by atoms with E-state index in [4.69, 9.17) is 0 Å². The molecule has 3 aromatic heterocycles. The van der Waals surface area contributed by atoms with Crippen molar-refractivity contribution in [3.8, 4) is 10.6 Å². The van der Waals surface area contributed by atoms with Gasteiger partial charge in [0.1, 0.15) is 10.8 Å². The van der Waals surface area contributed by atoms with Crippen LogP contribution in [0.2, 0.25) is 0 Å². The number of rotatable bonds is 2. The van der Waals surface area contributed by atoms with Crippen molar-refractivity contribution in [2.45, 2.75) is 26.2 Å². The van der Waals surface area contributed by atoms with E-state index in [1.807, 2.05) is 25.1 Å². The Labute approximate surface area is 138 Å². The average molecular weight is 328 g/mol. The van der Waals surface area contributed by atoms with Crippen LogP contribution in [0.15, 0.2) is 24.3 Å². The van der Waals surface area contributed by atoms with E-state index in [1.54, 1.807) is 6.07 Å². The zero-order valence-electron chi connectivity index (χ0n) is 12.9. The molecule has 0 amide bonds. The lowest BCUT2D eigenvalue weighted by Gasteiger charge is -2.27. The highest BCUT2D eigenvalue weighted by Gasteiger charge is 2.17. The standard InChI is InChI=1S/C17H17FN4S/c1-11-5-7-13-16(19-11)21-17(23-13)12-6-8-14(20-15(12)18)22-9-3-2-4-10-22/h5-8H,2-4,9-10H2,1H3. The molecule has 0 atom stereocenters. The third-order valence-corrected chi connectivity index (χ3v) is 5.18. The van der Waals surface area contributed by atoms with Crippen LogP contribution >= 0.6 is 11.3 Å². The van der Waals surface area contributed by atoms with Gasteiger partial charge in [0.15, 0.2) is 5.65 Å². The van der Waals surface area contributed by atoms with E-state index in [0.29, 0.717) is 16.2 Å². The Kier molecular flexibility index (Phi) is 3.69. The Bertz CT molecular complexity index is 855. The number of halogens is 1. The monoisotopic (exact) mass is 328 g/mol. The molecule has 23 heavy (non-hydrogen) atoms. The number of anilines is 1. The van der Waals surface area contributed by atoms with Crippen molar-refractivity contribution in [3.63, 3.8) is 0 Å². The maximum Gasteiger partial charge on any atom is 0.225 e. The average Bonchev–Trinajstić information content (AvgIpc) is 2.98. The summed E-state index contributed by atoms with van der Waals surface area (Å²) >= 11 is 1.45. The van der Waals surface area contributed by atoms with Gasteiger partial charge in [0, 0.05) is 18.8 Å². The predicted octanol–water partition coefficient (Wildman–Crippen LogP) is 4.19. The smallest absolute Gasteiger partial charge is 0.225 e. The second-order valence-electron chi connectivity index (χ2n) is 5.85. The predicted molar refractivity (Wildman–Crippen MR) is 91.4 cm³/mol. The molecule has 0 bridgehead atoms. The van der Waals surface area contributed by atoms with Crippen molar-refractivity contribution in [1.82, 2.24) is 15.0 Å². The summed E-state index contributed by atoms with van der Waals surface area (Å²) in [5.41, 5.74) is 2.03. The molecule has 0 radical (unpaired) electrons. The summed E-state index contributed by atoms with van der Waals surface area (Å²) in [6, 6.07) is 7.61. The maximum absolute atomic E-state index is 14.5. The van der Waals surface area contributed by atoms with E-state index in [9.17, 15) is 4.39 Å². The van der Waals surface area contributed by atoms with Gasteiger partial charge in [-0.05, 0) is 50.5 Å². The van der Waals surface area contributed by atoms with Crippen LogP contribution in [0.1, 0.15) is 25.0 Å². The third-order valence-electron chi connectivity index (χ3n) is 4.14. The molecule has 0 aliphatic carbocycles. The minimum absolute atomic E-state index is 0.450. The quantitative estimate of drug-likeness (QED) is 0.662. The van der Waals surface area contributed by atoms with Crippen molar-refractivity contribution >= 4 is 27.5 Å². The Balaban J connectivity index is 1.70. The van der Waals surface area contributed by atoms with Crippen LogP contribution in [-0.2, 0) is 0 Å². The molecule has 1 saturated heterocycles. The molecule has 118 valence electrons. The second-order valence-corrected chi connectivity index (χ2v) is 6.88. The fourth-order valence-corrected chi connectivity index (χ4v) is 3.83. The number of nitrogens with zero attached hydrogens (tertiary/aromatic N) is 4. The van der Waals surface area contributed by atoms with Crippen molar-refractivity contribution in [2.24, 2.45) is 0 Å². The minimum Gasteiger partial charge on any atom is -0.357 e. The number of piperidine rings is 1. The highest BCUT2D eigenvalue weighted by Crippen LogP contribution is 2.31. The Hall–Kier alpha value is -2.08. The molecule has 0 N–H and O–H groups in total. The minimum atomic E-state index is -0.455. The van der Waals surface area contributed by atoms with E-state index >= 15 is 0 Å². The number of aryl methyl sites for hydroxylation is 1. The number of aromatic nitrogens is 3. The third kappa shape index (κ3) is 2.79. The van der Waals surface area contributed by atoms with Crippen LogP contribution in [0.4, 0.5) is 10.2 Å². The molecule has 0 unspecified atom stereocenters. The lowest BCUT2D eigenvalue weighted by atomic mass is 10.1. The summed E-state index contributed by atoms with van der Waals surface area (Å²) in [6.45, 7) is 3.83. The molecule has 0 aromatic carbocycles.